The van der Waals surface area contributed by atoms with Crippen LogP contribution in [0.1, 0.15) is 10.4 Å². The third kappa shape index (κ3) is 5.77. The number of anilines is 1. The lowest BCUT2D eigenvalue weighted by atomic mass is 10.2. The summed E-state index contributed by atoms with van der Waals surface area (Å²) in [6.07, 6.45) is 0. The van der Waals surface area contributed by atoms with Gasteiger partial charge in [0.1, 0.15) is 0 Å². The predicted molar refractivity (Wildman–Crippen MR) is 106 cm³/mol. The van der Waals surface area contributed by atoms with E-state index in [1.807, 2.05) is 25.1 Å². The lowest BCUT2D eigenvalue weighted by Crippen LogP contribution is -2.38. The van der Waals surface area contributed by atoms with E-state index in [9.17, 15) is 0 Å². The lowest BCUT2D eigenvalue weighted by molar-refractivity contribution is 0.329. The van der Waals surface area contributed by atoms with Gasteiger partial charge in [-0.15, -0.1) is 11.3 Å². The summed E-state index contributed by atoms with van der Waals surface area (Å²) in [7, 11) is 4.14. The molecule has 1 aromatic carbocycles. The standard InChI is InChI=1S/C17H22ClN3S2/c1-13-6-7-14(18)11-16(13)19-17(22)21(9-8-20(2)3)12-15-5-4-10-23-15/h4-7,10-11H,8-9,12H2,1-3H3,(H,19,22). The Balaban J connectivity index is 2.09. The van der Waals surface area contributed by atoms with Crippen molar-refractivity contribution >= 4 is 46.0 Å². The second kappa shape index (κ2) is 8.64. The number of thiophene rings is 1. The Morgan fingerprint density at radius 3 is 2.70 bits per heavy atom. The molecule has 0 amide bonds. The number of nitrogens with zero attached hydrogens (tertiary/aromatic N) is 2. The van der Waals surface area contributed by atoms with Gasteiger partial charge in [-0.05, 0) is 62.4 Å². The summed E-state index contributed by atoms with van der Waals surface area (Å²) < 4.78 is 0. The number of likely N-dealkylation sites (N-methyl/N-ethyl adjacent to an activating group) is 1. The van der Waals surface area contributed by atoms with Gasteiger partial charge in [-0.1, -0.05) is 23.7 Å². The van der Waals surface area contributed by atoms with Crippen molar-refractivity contribution in [3.8, 4) is 0 Å². The van der Waals surface area contributed by atoms with Gasteiger partial charge in [0.15, 0.2) is 5.11 Å². The number of thiocarbonyl (C=S) groups is 1. The Bertz CT molecular complexity index is 641. The summed E-state index contributed by atoms with van der Waals surface area (Å²) in [4.78, 5) is 5.66. The largest absolute Gasteiger partial charge is 0.343 e. The fraction of sp³-hybridized carbons (Fsp3) is 0.353. The third-order valence-corrected chi connectivity index (χ3v) is 4.93. The molecular weight excluding hydrogens is 346 g/mol. The van der Waals surface area contributed by atoms with Crippen LogP contribution in [0.3, 0.4) is 0 Å². The average Bonchev–Trinajstić information content (AvgIpc) is 3.00. The number of aryl methyl sites for hydroxylation is 1. The normalized spacial score (nSPS) is 10.8. The molecule has 1 N–H and O–H groups in total. The van der Waals surface area contributed by atoms with Crippen LogP contribution in [-0.2, 0) is 6.54 Å². The van der Waals surface area contributed by atoms with Crippen LogP contribution in [-0.4, -0.2) is 42.1 Å². The molecule has 0 spiro atoms. The molecule has 0 unspecified atom stereocenters. The molecule has 0 saturated heterocycles. The Morgan fingerprint density at radius 2 is 2.04 bits per heavy atom. The van der Waals surface area contributed by atoms with E-state index in [2.05, 4.69) is 46.7 Å². The number of benzene rings is 1. The first-order valence-electron chi connectivity index (χ1n) is 7.45. The molecule has 3 nitrogen and oxygen atoms in total. The van der Waals surface area contributed by atoms with Crippen molar-refractivity contribution in [3.05, 3.63) is 51.2 Å². The maximum Gasteiger partial charge on any atom is 0.173 e. The predicted octanol–water partition coefficient (Wildman–Crippen LogP) is 4.47. The molecule has 0 aliphatic carbocycles. The van der Waals surface area contributed by atoms with Crippen LogP contribution >= 0.6 is 35.2 Å². The highest BCUT2D eigenvalue weighted by atomic mass is 35.5. The molecule has 23 heavy (non-hydrogen) atoms. The van der Waals surface area contributed by atoms with E-state index < -0.39 is 0 Å². The summed E-state index contributed by atoms with van der Waals surface area (Å²) in [5.74, 6) is 0. The Kier molecular flexibility index (Phi) is 6.84. The molecule has 0 saturated carbocycles. The molecule has 1 aromatic heterocycles. The Morgan fingerprint density at radius 1 is 1.26 bits per heavy atom. The molecular formula is C17H22ClN3S2. The Labute approximate surface area is 152 Å². The van der Waals surface area contributed by atoms with Gasteiger partial charge in [-0.2, -0.15) is 0 Å². The van der Waals surface area contributed by atoms with Gasteiger partial charge in [0, 0.05) is 28.7 Å². The summed E-state index contributed by atoms with van der Waals surface area (Å²) in [6, 6.07) is 10.0. The monoisotopic (exact) mass is 367 g/mol. The molecule has 0 fully saturated rings. The molecule has 0 aliphatic rings. The van der Waals surface area contributed by atoms with Crippen molar-refractivity contribution < 1.29 is 0 Å². The molecule has 2 rings (SSSR count). The van der Waals surface area contributed by atoms with E-state index >= 15 is 0 Å². The van der Waals surface area contributed by atoms with Gasteiger partial charge in [0.25, 0.3) is 0 Å². The molecule has 0 radical (unpaired) electrons. The maximum absolute atomic E-state index is 6.10. The van der Waals surface area contributed by atoms with Crippen LogP contribution in [0.4, 0.5) is 5.69 Å². The second-order valence-corrected chi connectivity index (χ2v) is 7.55. The molecule has 0 atom stereocenters. The van der Waals surface area contributed by atoms with Crippen LogP contribution in [0.5, 0.6) is 0 Å². The number of halogens is 1. The summed E-state index contributed by atoms with van der Waals surface area (Å²) >= 11 is 13.5. The highest BCUT2D eigenvalue weighted by Gasteiger charge is 2.13. The van der Waals surface area contributed by atoms with E-state index in [-0.39, 0.29) is 0 Å². The zero-order chi connectivity index (χ0) is 16.8. The first-order chi connectivity index (χ1) is 11.0. The zero-order valence-corrected chi connectivity index (χ0v) is 16.1. The van der Waals surface area contributed by atoms with Gasteiger partial charge >= 0.3 is 0 Å². The first-order valence-corrected chi connectivity index (χ1v) is 9.11. The molecule has 1 heterocycles. The number of rotatable bonds is 6. The highest BCUT2D eigenvalue weighted by molar-refractivity contribution is 7.80. The van der Waals surface area contributed by atoms with E-state index in [0.29, 0.717) is 5.02 Å². The van der Waals surface area contributed by atoms with Crippen molar-refractivity contribution in [2.24, 2.45) is 0 Å². The minimum Gasteiger partial charge on any atom is -0.343 e. The van der Waals surface area contributed by atoms with Crippen molar-refractivity contribution in [1.29, 1.82) is 0 Å². The van der Waals surface area contributed by atoms with E-state index in [0.717, 1.165) is 36.0 Å². The quantitative estimate of drug-likeness (QED) is 0.759. The topological polar surface area (TPSA) is 18.5 Å². The third-order valence-electron chi connectivity index (χ3n) is 3.47. The van der Waals surface area contributed by atoms with E-state index in [4.69, 9.17) is 23.8 Å². The smallest absolute Gasteiger partial charge is 0.173 e. The van der Waals surface area contributed by atoms with Crippen molar-refractivity contribution in [2.75, 3.05) is 32.5 Å². The minimum atomic E-state index is 0.707. The highest BCUT2D eigenvalue weighted by Crippen LogP contribution is 2.21. The van der Waals surface area contributed by atoms with Crippen LogP contribution in [0, 0.1) is 6.92 Å². The number of nitrogens with one attached hydrogen (secondary N) is 1. The van der Waals surface area contributed by atoms with Gasteiger partial charge in [0.05, 0.1) is 6.54 Å². The molecule has 124 valence electrons. The fourth-order valence-electron chi connectivity index (χ4n) is 2.09. The first kappa shape index (κ1) is 18.2. The fourth-order valence-corrected chi connectivity index (χ4v) is 3.24. The lowest BCUT2D eigenvalue weighted by Gasteiger charge is -2.27. The molecule has 2 aromatic rings. The van der Waals surface area contributed by atoms with Crippen molar-refractivity contribution in [3.63, 3.8) is 0 Å². The van der Waals surface area contributed by atoms with Crippen LogP contribution < -0.4 is 5.32 Å². The average molecular weight is 368 g/mol. The van der Waals surface area contributed by atoms with Crippen molar-refractivity contribution in [2.45, 2.75) is 13.5 Å². The van der Waals surface area contributed by atoms with Crippen molar-refractivity contribution in [1.82, 2.24) is 9.80 Å². The van der Waals surface area contributed by atoms with Gasteiger partial charge < -0.3 is 15.1 Å². The molecule has 0 bridgehead atoms. The van der Waals surface area contributed by atoms with Gasteiger partial charge in [0.2, 0.25) is 0 Å². The van der Waals surface area contributed by atoms with Gasteiger partial charge in [-0.3, -0.25) is 0 Å². The van der Waals surface area contributed by atoms with Crippen LogP contribution in [0.2, 0.25) is 5.02 Å². The van der Waals surface area contributed by atoms with Gasteiger partial charge in [-0.25, -0.2) is 0 Å². The SMILES string of the molecule is Cc1ccc(Cl)cc1NC(=S)N(CCN(C)C)Cc1cccs1. The summed E-state index contributed by atoms with van der Waals surface area (Å²) in [5, 5.41) is 6.88. The number of hydrogen-bond donors (Lipinski definition) is 1. The second-order valence-electron chi connectivity index (χ2n) is 5.69. The Hall–Kier alpha value is -1.14. The zero-order valence-electron chi connectivity index (χ0n) is 13.7. The summed E-state index contributed by atoms with van der Waals surface area (Å²) in [5.41, 5.74) is 2.09. The molecule has 6 heteroatoms. The van der Waals surface area contributed by atoms with E-state index in [1.165, 1.54) is 4.88 Å². The summed E-state index contributed by atoms with van der Waals surface area (Å²) in [6.45, 7) is 4.68. The van der Waals surface area contributed by atoms with Crippen LogP contribution in [0.25, 0.3) is 0 Å². The maximum atomic E-state index is 6.10. The van der Waals surface area contributed by atoms with E-state index in [1.54, 1.807) is 11.3 Å². The number of hydrogen-bond acceptors (Lipinski definition) is 3. The molecule has 0 aliphatic heterocycles. The minimum absolute atomic E-state index is 0.707. The van der Waals surface area contributed by atoms with Crippen LogP contribution in [0.15, 0.2) is 35.7 Å².